The summed E-state index contributed by atoms with van der Waals surface area (Å²) in [6.45, 7) is 0. The summed E-state index contributed by atoms with van der Waals surface area (Å²) in [4.78, 5) is 15.1. The quantitative estimate of drug-likeness (QED) is 0.735. The van der Waals surface area contributed by atoms with E-state index in [1.165, 1.54) is 18.3 Å². The minimum Gasteiger partial charge on any atom is -0.465 e. The van der Waals surface area contributed by atoms with E-state index in [1.807, 2.05) is 0 Å². The van der Waals surface area contributed by atoms with Gasteiger partial charge in [-0.25, -0.2) is 4.79 Å². The smallest absolute Gasteiger partial charge is 0.417 e. The van der Waals surface area contributed by atoms with Crippen molar-refractivity contribution in [2.45, 2.75) is 6.18 Å². The van der Waals surface area contributed by atoms with Crippen molar-refractivity contribution >= 4 is 16.9 Å². The normalized spacial score (nSPS) is 11.6. The Hall–Kier alpha value is -2.11. The van der Waals surface area contributed by atoms with Crippen molar-refractivity contribution in [2.24, 2.45) is 0 Å². The molecule has 0 aliphatic heterocycles. The molecule has 6 heteroatoms. The Morgan fingerprint density at radius 2 is 2.06 bits per heavy atom. The zero-order chi connectivity index (χ0) is 13.3. The van der Waals surface area contributed by atoms with Gasteiger partial charge in [-0.2, -0.15) is 13.2 Å². The predicted molar refractivity (Wildman–Crippen MR) is 58.1 cm³/mol. The van der Waals surface area contributed by atoms with Gasteiger partial charge in [0.2, 0.25) is 0 Å². The van der Waals surface area contributed by atoms with Crippen molar-refractivity contribution in [1.29, 1.82) is 0 Å². The highest BCUT2D eigenvalue weighted by Gasteiger charge is 2.32. The number of benzene rings is 1. The van der Waals surface area contributed by atoms with Gasteiger partial charge in [0.25, 0.3) is 0 Å². The number of alkyl halides is 3. The molecule has 94 valence electrons. The highest BCUT2D eigenvalue weighted by molar-refractivity contribution is 5.94. The topological polar surface area (TPSA) is 39.2 Å². The Morgan fingerprint density at radius 1 is 1.33 bits per heavy atom. The van der Waals surface area contributed by atoms with Crippen LogP contribution in [-0.4, -0.2) is 18.1 Å². The largest absolute Gasteiger partial charge is 0.465 e. The van der Waals surface area contributed by atoms with Gasteiger partial charge in [0, 0.05) is 11.6 Å². The first-order valence-corrected chi connectivity index (χ1v) is 4.98. The molecule has 0 saturated carbocycles. The number of methoxy groups -OCH3 is 1. The fourth-order valence-electron chi connectivity index (χ4n) is 1.63. The van der Waals surface area contributed by atoms with Crippen LogP contribution in [0.1, 0.15) is 15.9 Å². The molecular weight excluding hydrogens is 247 g/mol. The molecule has 0 unspecified atom stereocenters. The first kappa shape index (κ1) is 12.3. The minimum atomic E-state index is -4.49. The summed E-state index contributed by atoms with van der Waals surface area (Å²) in [5.74, 6) is -0.721. The number of halogens is 3. The van der Waals surface area contributed by atoms with Crippen LogP contribution in [-0.2, 0) is 10.9 Å². The number of hydrogen-bond donors (Lipinski definition) is 0. The average Bonchev–Trinajstić information content (AvgIpc) is 2.35. The van der Waals surface area contributed by atoms with Gasteiger partial charge in [0.05, 0.1) is 23.8 Å². The molecule has 1 heterocycles. The Bertz CT molecular complexity index is 608. The van der Waals surface area contributed by atoms with Gasteiger partial charge in [-0.1, -0.05) is 6.07 Å². The molecule has 1 aromatic carbocycles. The van der Waals surface area contributed by atoms with Crippen molar-refractivity contribution in [3.63, 3.8) is 0 Å². The van der Waals surface area contributed by atoms with Gasteiger partial charge >= 0.3 is 12.1 Å². The van der Waals surface area contributed by atoms with Crippen LogP contribution in [0.25, 0.3) is 10.9 Å². The SMILES string of the molecule is COC(=O)c1cnc2cccc(C(F)(F)F)c2c1. The molecule has 0 atom stereocenters. The summed E-state index contributed by atoms with van der Waals surface area (Å²) in [7, 11) is 1.15. The number of aromatic nitrogens is 1. The maximum atomic E-state index is 12.8. The lowest BCUT2D eigenvalue weighted by molar-refractivity contribution is -0.136. The molecule has 0 fully saturated rings. The van der Waals surface area contributed by atoms with Crippen LogP contribution >= 0.6 is 0 Å². The molecule has 0 aliphatic rings. The molecule has 1 aromatic heterocycles. The maximum absolute atomic E-state index is 12.8. The number of carbonyl (C=O) groups is 1. The highest BCUT2D eigenvalue weighted by Crippen LogP contribution is 2.34. The summed E-state index contributed by atoms with van der Waals surface area (Å²) >= 11 is 0. The molecule has 18 heavy (non-hydrogen) atoms. The number of fused-ring (bicyclic) bond motifs is 1. The van der Waals surface area contributed by atoms with Crippen LogP contribution in [0.5, 0.6) is 0 Å². The number of esters is 1. The van der Waals surface area contributed by atoms with E-state index in [-0.39, 0.29) is 16.5 Å². The molecule has 0 saturated heterocycles. The van der Waals surface area contributed by atoms with E-state index < -0.39 is 17.7 Å². The second-order valence-corrected chi connectivity index (χ2v) is 3.59. The molecule has 0 bridgehead atoms. The van der Waals surface area contributed by atoms with Crippen LogP contribution in [0, 0.1) is 0 Å². The minimum absolute atomic E-state index is 0.0123. The van der Waals surface area contributed by atoms with E-state index in [1.54, 1.807) is 0 Å². The lowest BCUT2D eigenvalue weighted by Crippen LogP contribution is -2.07. The van der Waals surface area contributed by atoms with Gasteiger partial charge < -0.3 is 4.74 Å². The molecule has 0 amide bonds. The third-order valence-corrected chi connectivity index (χ3v) is 2.45. The lowest BCUT2D eigenvalue weighted by atomic mass is 10.1. The van der Waals surface area contributed by atoms with Crippen LogP contribution in [0.15, 0.2) is 30.5 Å². The summed E-state index contributed by atoms with van der Waals surface area (Å²) in [6.07, 6.45) is -3.30. The molecule has 0 spiro atoms. The van der Waals surface area contributed by atoms with E-state index in [9.17, 15) is 18.0 Å². The zero-order valence-corrected chi connectivity index (χ0v) is 9.28. The van der Waals surface area contributed by atoms with E-state index >= 15 is 0 Å². The first-order valence-electron chi connectivity index (χ1n) is 4.98. The van der Waals surface area contributed by atoms with Crippen molar-refractivity contribution in [2.75, 3.05) is 7.11 Å². The highest BCUT2D eigenvalue weighted by atomic mass is 19.4. The van der Waals surface area contributed by atoms with Crippen LogP contribution < -0.4 is 0 Å². The summed E-state index contributed by atoms with van der Waals surface area (Å²) in [5.41, 5.74) is -0.655. The van der Waals surface area contributed by atoms with Crippen molar-refractivity contribution in [1.82, 2.24) is 4.98 Å². The number of hydrogen-bond acceptors (Lipinski definition) is 3. The van der Waals surface area contributed by atoms with Crippen LogP contribution in [0.2, 0.25) is 0 Å². The summed E-state index contributed by atoms with van der Waals surface area (Å²) in [6, 6.07) is 4.81. The molecule has 0 N–H and O–H groups in total. The standard InChI is InChI=1S/C12H8F3NO2/c1-18-11(17)7-5-8-9(12(13,14)15)3-2-4-10(8)16-6-7/h2-6H,1H3. The van der Waals surface area contributed by atoms with Crippen molar-refractivity contribution < 1.29 is 22.7 Å². The third kappa shape index (κ3) is 2.13. The van der Waals surface area contributed by atoms with Crippen molar-refractivity contribution in [3.05, 3.63) is 41.6 Å². The third-order valence-electron chi connectivity index (χ3n) is 2.45. The Morgan fingerprint density at radius 3 is 2.67 bits per heavy atom. The number of carbonyl (C=O) groups excluding carboxylic acids is 1. The van der Waals surface area contributed by atoms with Gasteiger partial charge in [0.1, 0.15) is 0 Å². The van der Waals surface area contributed by atoms with Gasteiger partial charge in [-0.05, 0) is 18.2 Å². The zero-order valence-electron chi connectivity index (χ0n) is 9.28. The van der Waals surface area contributed by atoms with Gasteiger partial charge in [-0.3, -0.25) is 4.98 Å². The molecular formula is C12H8F3NO2. The summed E-state index contributed by atoms with van der Waals surface area (Å²) in [5, 5.41) is -0.118. The fraction of sp³-hybridized carbons (Fsp3) is 0.167. The Labute approximate surface area is 100 Å². The van der Waals surface area contributed by atoms with Crippen LogP contribution in [0.4, 0.5) is 13.2 Å². The number of nitrogens with zero attached hydrogens (tertiary/aromatic N) is 1. The molecule has 2 aromatic rings. The van der Waals surface area contributed by atoms with Crippen molar-refractivity contribution in [3.8, 4) is 0 Å². The van der Waals surface area contributed by atoms with Crippen LogP contribution in [0.3, 0.4) is 0 Å². The average molecular weight is 255 g/mol. The molecule has 3 nitrogen and oxygen atoms in total. The van der Waals surface area contributed by atoms with E-state index in [2.05, 4.69) is 9.72 Å². The molecule has 0 aliphatic carbocycles. The van der Waals surface area contributed by atoms with Gasteiger partial charge in [0.15, 0.2) is 0 Å². The van der Waals surface area contributed by atoms with E-state index in [0.29, 0.717) is 0 Å². The van der Waals surface area contributed by atoms with E-state index in [0.717, 1.165) is 19.2 Å². The summed E-state index contributed by atoms with van der Waals surface area (Å²) < 4.78 is 42.8. The predicted octanol–water partition coefficient (Wildman–Crippen LogP) is 3.04. The first-order chi connectivity index (χ1) is 8.43. The number of ether oxygens (including phenoxy) is 1. The number of pyridine rings is 1. The molecule has 2 rings (SSSR count). The molecule has 0 radical (unpaired) electrons. The Kier molecular flexibility index (Phi) is 2.94. The maximum Gasteiger partial charge on any atom is 0.417 e. The van der Waals surface area contributed by atoms with Gasteiger partial charge in [-0.15, -0.1) is 0 Å². The number of rotatable bonds is 1. The van der Waals surface area contributed by atoms with E-state index in [4.69, 9.17) is 0 Å². The fourth-order valence-corrected chi connectivity index (χ4v) is 1.63. The monoisotopic (exact) mass is 255 g/mol. The Balaban J connectivity index is 2.70. The second-order valence-electron chi connectivity index (χ2n) is 3.59. The lowest BCUT2D eigenvalue weighted by Gasteiger charge is -2.10. The second kappa shape index (κ2) is 4.29.